The van der Waals surface area contributed by atoms with E-state index in [0.29, 0.717) is 18.6 Å². The van der Waals surface area contributed by atoms with Crippen LogP contribution < -0.4 is 20.7 Å². The van der Waals surface area contributed by atoms with Gasteiger partial charge in [0.25, 0.3) is 0 Å². The second kappa shape index (κ2) is 7.75. The number of hydrogen-bond donors (Lipinski definition) is 3. The average molecular weight is 345 g/mol. The molecule has 3 rings (SSSR count). The predicted molar refractivity (Wildman–Crippen MR) is 100 cm³/mol. The van der Waals surface area contributed by atoms with Crippen molar-refractivity contribution in [3.8, 4) is 5.75 Å². The van der Waals surface area contributed by atoms with Gasteiger partial charge in [-0.1, -0.05) is 17.7 Å². The van der Waals surface area contributed by atoms with Crippen LogP contribution in [-0.2, 0) is 4.79 Å². The van der Waals surface area contributed by atoms with Gasteiger partial charge in [-0.15, -0.1) is 0 Å². The lowest BCUT2D eigenvalue weighted by molar-refractivity contribution is -0.123. The SMILES string of the molecule is Cc1cc(C)c(OCCNC(=O)[C@@H]2CC3(CCNCC3)CN2)c(C)c1. The Morgan fingerprint density at radius 1 is 1.24 bits per heavy atom. The van der Waals surface area contributed by atoms with Gasteiger partial charge in [0.15, 0.2) is 0 Å². The summed E-state index contributed by atoms with van der Waals surface area (Å²) in [4.78, 5) is 12.4. The molecule has 25 heavy (non-hydrogen) atoms. The highest BCUT2D eigenvalue weighted by molar-refractivity contribution is 5.82. The molecule has 0 radical (unpaired) electrons. The van der Waals surface area contributed by atoms with Gasteiger partial charge in [-0.3, -0.25) is 4.79 Å². The van der Waals surface area contributed by atoms with Crippen molar-refractivity contribution in [1.29, 1.82) is 0 Å². The highest BCUT2D eigenvalue weighted by atomic mass is 16.5. The second-order valence-corrected chi connectivity index (χ2v) is 7.75. The predicted octanol–water partition coefficient (Wildman–Crippen LogP) is 1.84. The fourth-order valence-corrected chi connectivity index (χ4v) is 4.29. The number of carbonyl (C=O) groups excluding carboxylic acids is 1. The fraction of sp³-hybridized carbons (Fsp3) is 0.650. The third-order valence-corrected chi connectivity index (χ3v) is 5.59. The molecule has 2 aliphatic heterocycles. The van der Waals surface area contributed by atoms with Crippen LogP contribution in [0.4, 0.5) is 0 Å². The Balaban J connectivity index is 1.43. The van der Waals surface area contributed by atoms with E-state index in [-0.39, 0.29) is 11.9 Å². The molecule has 1 aromatic rings. The van der Waals surface area contributed by atoms with Crippen molar-refractivity contribution in [2.24, 2.45) is 5.41 Å². The number of benzene rings is 1. The number of ether oxygens (including phenoxy) is 1. The summed E-state index contributed by atoms with van der Waals surface area (Å²) in [5, 5.41) is 9.85. The van der Waals surface area contributed by atoms with E-state index in [0.717, 1.165) is 42.9 Å². The van der Waals surface area contributed by atoms with Crippen molar-refractivity contribution < 1.29 is 9.53 Å². The first-order chi connectivity index (χ1) is 12.0. The summed E-state index contributed by atoms with van der Waals surface area (Å²) < 4.78 is 5.90. The number of amides is 1. The molecule has 0 saturated carbocycles. The van der Waals surface area contributed by atoms with E-state index in [9.17, 15) is 4.79 Å². The lowest BCUT2D eigenvalue weighted by atomic mass is 9.77. The van der Waals surface area contributed by atoms with Gasteiger partial charge in [0.2, 0.25) is 5.91 Å². The minimum absolute atomic E-state index is 0.0547. The Kier molecular flexibility index (Phi) is 5.64. The first kappa shape index (κ1) is 18.2. The molecule has 0 unspecified atom stereocenters. The minimum Gasteiger partial charge on any atom is -0.491 e. The standard InChI is InChI=1S/C20H31N3O2/c1-14-10-15(2)18(16(3)11-14)25-9-8-22-19(24)17-12-20(13-23-17)4-6-21-7-5-20/h10-11,17,21,23H,4-9,12-13H2,1-3H3,(H,22,24)/t17-/m0/s1. The first-order valence-corrected chi connectivity index (χ1v) is 9.42. The van der Waals surface area contributed by atoms with E-state index in [2.05, 4.69) is 48.9 Å². The molecule has 3 N–H and O–H groups in total. The molecule has 1 spiro atoms. The van der Waals surface area contributed by atoms with Crippen LogP contribution >= 0.6 is 0 Å². The fourth-order valence-electron chi connectivity index (χ4n) is 4.29. The summed E-state index contributed by atoms with van der Waals surface area (Å²) in [6.07, 6.45) is 3.29. The number of hydrogen-bond acceptors (Lipinski definition) is 4. The maximum absolute atomic E-state index is 12.4. The third-order valence-electron chi connectivity index (χ3n) is 5.59. The van der Waals surface area contributed by atoms with Crippen molar-refractivity contribution in [2.45, 2.75) is 46.1 Å². The van der Waals surface area contributed by atoms with Crippen LogP contribution in [0, 0.1) is 26.2 Å². The number of piperidine rings is 1. The highest BCUT2D eigenvalue weighted by Crippen LogP contribution is 2.37. The van der Waals surface area contributed by atoms with Crippen molar-refractivity contribution in [3.05, 3.63) is 28.8 Å². The van der Waals surface area contributed by atoms with Gasteiger partial charge in [-0.25, -0.2) is 0 Å². The van der Waals surface area contributed by atoms with E-state index in [4.69, 9.17) is 4.74 Å². The topological polar surface area (TPSA) is 62.4 Å². The molecular weight excluding hydrogens is 314 g/mol. The van der Waals surface area contributed by atoms with Gasteiger partial charge in [-0.05, 0) is 69.7 Å². The van der Waals surface area contributed by atoms with Crippen molar-refractivity contribution in [2.75, 3.05) is 32.8 Å². The molecule has 1 amide bonds. The lowest BCUT2D eigenvalue weighted by Gasteiger charge is -2.33. The Morgan fingerprint density at radius 3 is 2.60 bits per heavy atom. The van der Waals surface area contributed by atoms with Crippen molar-refractivity contribution in [3.63, 3.8) is 0 Å². The van der Waals surface area contributed by atoms with Gasteiger partial charge in [0, 0.05) is 6.54 Å². The second-order valence-electron chi connectivity index (χ2n) is 7.75. The van der Waals surface area contributed by atoms with Gasteiger partial charge in [-0.2, -0.15) is 0 Å². The molecule has 2 fully saturated rings. The molecule has 0 bridgehead atoms. The summed E-state index contributed by atoms with van der Waals surface area (Å²) in [6.45, 7) is 10.4. The van der Waals surface area contributed by atoms with Crippen LogP contribution in [-0.4, -0.2) is 44.7 Å². The maximum Gasteiger partial charge on any atom is 0.237 e. The molecular formula is C20H31N3O2. The summed E-state index contributed by atoms with van der Waals surface area (Å²) in [5.41, 5.74) is 3.86. The first-order valence-electron chi connectivity index (χ1n) is 9.42. The highest BCUT2D eigenvalue weighted by Gasteiger charge is 2.41. The number of aryl methyl sites for hydroxylation is 3. The van der Waals surface area contributed by atoms with E-state index >= 15 is 0 Å². The van der Waals surface area contributed by atoms with Crippen molar-refractivity contribution in [1.82, 2.24) is 16.0 Å². The van der Waals surface area contributed by atoms with E-state index in [1.807, 2.05) is 0 Å². The zero-order valence-electron chi connectivity index (χ0n) is 15.7. The molecule has 2 heterocycles. The Labute approximate surface area is 150 Å². The molecule has 0 aliphatic carbocycles. The van der Waals surface area contributed by atoms with Crippen LogP contribution in [0.5, 0.6) is 5.75 Å². The zero-order valence-corrected chi connectivity index (χ0v) is 15.7. The largest absolute Gasteiger partial charge is 0.491 e. The summed E-state index contributed by atoms with van der Waals surface area (Å²) in [7, 11) is 0. The molecule has 0 aromatic heterocycles. The lowest BCUT2D eigenvalue weighted by Crippen LogP contribution is -2.41. The average Bonchev–Trinajstić information content (AvgIpc) is 2.97. The Bertz CT molecular complexity index is 600. The molecule has 2 saturated heterocycles. The van der Waals surface area contributed by atoms with E-state index < -0.39 is 0 Å². The van der Waals surface area contributed by atoms with Gasteiger partial charge in [0.05, 0.1) is 12.6 Å². The zero-order chi connectivity index (χ0) is 17.9. The quantitative estimate of drug-likeness (QED) is 0.713. The number of carbonyl (C=O) groups is 1. The third kappa shape index (κ3) is 4.33. The molecule has 2 aliphatic rings. The van der Waals surface area contributed by atoms with E-state index in [1.165, 1.54) is 18.4 Å². The molecule has 5 heteroatoms. The molecule has 1 atom stereocenters. The summed E-state index contributed by atoms with van der Waals surface area (Å²) in [6, 6.07) is 4.20. The van der Waals surface area contributed by atoms with Crippen molar-refractivity contribution >= 4 is 5.91 Å². The van der Waals surface area contributed by atoms with Gasteiger partial charge in [0.1, 0.15) is 12.4 Å². The summed E-state index contributed by atoms with van der Waals surface area (Å²) in [5.74, 6) is 1.05. The van der Waals surface area contributed by atoms with E-state index in [1.54, 1.807) is 0 Å². The molecule has 138 valence electrons. The Morgan fingerprint density at radius 2 is 1.92 bits per heavy atom. The van der Waals surface area contributed by atoms with Crippen LogP contribution in [0.1, 0.15) is 36.0 Å². The molecule has 5 nitrogen and oxygen atoms in total. The number of rotatable bonds is 5. The normalized spacial score (nSPS) is 22.1. The minimum atomic E-state index is -0.0547. The number of nitrogens with one attached hydrogen (secondary N) is 3. The van der Waals surface area contributed by atoms with Crippen LogP contribution in [0.2, 0.25) is 0 Å². The van der Waals surface area contributed by atoms with Crippen LogP contribution in [0.3, 0.4) is 0 Å². The van der Waals surface area contributed by atoms with Gasteiger partial charge < -0.3 is 20.7 Å². The van der Waals surface area contributed by atoms with Crippen LogP contribution in [0.25, 0.3) is 0 Å². The summed E-state index contributed by atoms with van der Waals surface area (Å²) >= 11 is 0. The van der Waals surface area contributed by atoms with Crippen LogP contribution in [0.15, 0.2) is 12.1 Å². The molecule has 1 aromatic carbocycles. The smallest absolute Gasteiger partial charge is 0.237 e. The Hall–Kier alpha value is -1.59. The van der Waals surface area contributed by atoms with Gasteiger partial charge >= 0.3 is 0 Å². The maximum atomic E-state index is 12.4. The monoisotopic (exact) mass is 345 g/mol.